The van der Waals surface area contributed by atoms with Crippen molar-refractivity contribution in [3.8, 4) is 0 Å². The molecule has 2 saturated carbocycles. The first-order chi connectivity index (χ1) is 19.7. The highest BCUT2D eigenvalue weighted by atomic mass is 35.5. The lowest BCUT2D eigenvalue weighted by Crippen LogP contribution is -2.54. The van der Waals surface area contributed by atoms with Crippen molar-refractivity contribution in [3.05, 3.63) is 82.8 Å². The molecule has 0 radical (unpaired) electrons. The molecule has 42 heavy (non-hydrogen) atoms. The summed E-state index contributed by atoms with van der Waals surface area (Å²) in [6, 6.07) is 9.04. The summed E-state index contributed by atoms with van der Waals surface area (Å²) in [5, 5.41) is 12.4. The molecule has 0 saturated heterocycles. The van der Waals surface area contributed by atoms with Crippen LogP contribution in [-0.4, -0.2) is 50.2 Å². The van der Waals surface area contributed by atoms with E-state index in [0.717, 1.165) is 6.07 Å². The van der Waals surface area contributed by atoms with Crippen LogP contribution in [0.5, 0.6) is 0 Å². The Hall–Kier alpha value is -3.04. The Kier molecular flexibility index (Phi) is 8.13. The van der Waals surface area contributed by atoms with Crippen molar-refractivity contribution in [3.63, 3.8) is 0 Å². The minimum absolute atomic E-state index is 0.0293. The monoisotopic (exact) mass is 643 g/mol. The average Bonchev–Trinajstić information content (AvgIpc) is 3.10. The summed E-state index contributed by atoms with van der Waals surface area (Å²) in [5.74, 6) is -6.70. The third-order valence-electron chi connectivity index (χ3n) is 8.01. The summed E-state index contributed by atoms with van der Waals surface area (Å²) in [4.78, 5) is 16.3. The first-order valence-electron chi connectivity index (χ1n) is 12.8. The maximum Gasteiger partial charge on any atom is 0.258 e. The van der Waals surface area contributed by atoms with Crippen LogP contribution < -0.4 is 10.0 Å². The molecular formula is C27H25ClF3N3O6S2. The van der Waals surface area contributed by atoms with E-state index in [1.54, 1.807) is 6.07 Å². The summed E-state index contributed by atoms with van der Waals surface area (Å²) in [5.41, 5.74) is -2.03. The number of halogens is 4. The molecule has 2 aliphatic rings. The summed E-state index contributed by atoms with van der Waals surface area (Å²) >= 11 is 6.24. The molecule has 2 fully saturated rings. The number of rotatable bonds is 8. The largest absolute Gasteiger partial charge is 0.388 e. The standard InChI is InChI=1S/C27H25ClF3N3O6S2/c28-20-7-4-15(26(35)34-18-12-21(29)25(31)22(30)13-18)9-23(20)41(37,38)19-10-16-5-6-17(11-19)27(16,36)14-33-42(39,40)24-3-1-2-8-32-24/h1-4,7-9,12-13,16-17,19,33,36H,5-6,10-11,14H2,(H,34,35)/t16-,17?,19-,27-/m0/s1. The predicted molar refractivity (Wildman–Crippen MR) is 147 cm³/mol. The van der Waals surface area contributed by atoms with Gasteiger partial charge in [-0.25, -0.2) is 39.7 Å². The number of hydrogen-bond donors (Lipinski definition) is 3. The molecule has 5 rings (SSSR count). The van der Waals surface area contributed by atoms with Gasteiger partial charge in [0.2, 0.25) is 0 Å². The van der Waals surface area contributed by atoms with Crippen molar-refractivity contribution < 1.29 is 39.9 Å². The SMILES string of the molecule is O=C(Nc1cc(F)c(F)c(F)c1)c1ccc(Cl)c(S(=O)(=O)[C@@H]2CC3CC[C@@H](C2)[C@@]3(O)CNS(=O)(=O)c2ccccn2)c1. The number of pyridine rings is 1. The molecule has 15 heteroatoms. The van der Waals surface area contributed by atoms with E-state index in [-0.39, 0.29) is 45.6 Å². The lowest BCUT2D eigenvalue weighted by Gasteiger charge is -2.42. The van der Waals surface area contributed by atoms with Gasteiger partial charge in [-0.05, 0) is 67.9 Å². The quantitative estimate of drug-likeness (QED) is 0.314. The average molecular weight is 644 g/mol. The molecule has 1 unspecified atom stereocenters. The number of sulfone groups is 1. The van der Waals surface area contributed by atoms with Gasteiger partial charge in [-0.15, -0.1) is 0 Å². The number of anilines is 1. The van der Waals surface area contributed by atoms with Crippen LogP contribution in [0.4, 0.5) is 18.9 Å². The van der Waals surface area contributed by atoms with Crippen molar-refractivity contribution >= 4 is 43.1 Å². The van der Waals surface area contributed by atoms with Gasteiger partial charge in [0.25, 0.3) is 15.9 Å². The van der Waals surface area contributed by atoms with E-state index in [1.807, 2.05) is 0 Å². The van der Waals surface area contributed by atoms with Crippen molar-refractivity contribution in [2.45, 2.75) is 46.5 Å². The Balaban J connectivity index is 1.33. The number of sulfonamides is 1. The minimum Gasteiger partial charge on any atom is -0.388 e. The number of amides is 1. The van der Waals surface area contributed by atoms with Crippen LogP contribution in [0.25, 0.3) is 0 Å². The van der Waals surface area contributed by atoms with E-state index >= 15 is 0 Å². The topological polar surface area (TPSA) is 143 Å². The smallest absolute Gasteiger partial charge is 0.258 e. The molecule has 3 N–H and O–H groups in total. The van der Waals surface area contributed by atoms with E-state index in [2.05, 4.69) is 15.0 Å². The Labute approximate surface area is 245 Å². The summed E-state index contributed by atoms with van der Waals surface area (Å²) in [6.45, 7) is -0.311. The third kappa shape index (κ3) is 5.65. The van der Waals surface area contributed by atoms with Crippen molar-refractivity contribution in [2.24, 2.45) is 11.8 Å². The summed E-state index contributed by atoms with van der Waals surface area (Å²) in [6.07, 6.45) is 2.36. The van der Waals surface area contributed by atoms with Gasteiger partial charge in [-0.2, -0.15) is 0 Å². The number of benzene rings is 2. The fourth-order valence-corrected chi connectivity index (χ4v) is 9.24. The van der Waals surface area contributed by atoms with Gasteiger partial charge in [-0.1, -0.05) is 17.7 Å². The van der Waals surface area contributed by atoms with E-state index in [9.17, 15) is 39.9 Å². The summed E-state index contributed by atoms with van der Waals surface area (Å²) in [7, 11) is -8.15. The second-order valence-electron chi connectivity index (χ2n) is 10.4. The minimum atomic E-state index is -4.14. The summed E-state index contributed by atoms with van der Waals surface area (Å²) < 4.78 is 95.6. The Morgan fingerprint density at radius 1 is 1.00 bits per heavy atom. The van der Waals surface area contributed by atoms with Crippen LogP contribution in [0.15, 0.2) is 64.6 Å². The van der Waals surface area contributed by atoms with Gasteiger partial charge in [0, 0.05) is 36.1 Å². The molecular weight excluding hydrogens is 619 g/mol. The second-order valence-corrected chi connectivity index (χ2v) is 14.8. The van der Waals surface area contributed by atoms with E-state index in [4.69, 9.17) is 11.6 Å². The lowest BCUT2D eigenvalue weighted by atomic mass is 9.74. The highest BCUT2D eigenvalue weighted by Crippen LogP contribution is 2.52. The molecule has 2 aliphatic carbocycles. The molecule has 1 amide bonds. The zero-order valence-electron chi connectivity index (χ0n) is 21.7. The molecule has 3 aromatic rings. The number of aromatic nitrogens is 1. The zero-order chi connectivity index (χ0) is 30.4. The fraction of sp³-hybridized carbons (Fsp3) is 0.333. The van der Waals surface area contributed by atoms with Gasteiger partial charge in [-0.3, -0.25) is 4.79 Å². The van der Waals surface area contributed by atoms with Gasteiger partial charge < -0.3 is 10.4 Å². The van der Waals surface area contributed by atoms with Crippen LogP contribution in [-0.2, 0) is 19.9 Å². The van der Waals surface area contributed by atoms with Gasteiger partial charge >= 0.3 is 0 Å². The number of aliphatic hydroxyl groups is 1. The van der Waals surface area contributed by atoms with Crippen LogP contribution in [0.2, 0.25) is 5.02 Å². The predicted octanol–water partition coefficient (Wildman–Crippen LogP) is 4.08. The van der Waals surface area contributed by atoms with E-state index in [1.165, 1.54) is 30.5 Å². The number of nitrogens with one attached hydrogen (secondary N) is 2. The second kappa shape index (κ2) is 11.2. The van der Waals surface area contributed by atoms with Crippen LogP contribution in [0, 0.1) is 29.3 Å². The van der Waals surface area contributed by atoms with Crippen molar-refractivity contribution in [1.29, 1.82) is 0 Å². The Morgan fingerprint density at radius 3 is 2.24 bits per heavy atom. The first-order valence-corrected chi connectivity index (χ1v) is 16.3. The van der Waals surface area contributed by atoms with Gasteiger partial charge in [0.1, 0.15) is 0 Å². The van der Waals surface area contributed by atoms with Gasteiger partial charge in [0.05, 0.1) is 20.8 Å². The molecule has 224 valence electrons. The molecule has 0 aliphatic heterocycles. The molecule has 1 aromatic heterocycles. The Morgan fingerprint density at radius 2 is 1.64 bits per heavy atom. The van der Waals surface area contributed by atoms with Crippen LogP contribution >= 0.6 is 11.6 Å². The maximum atomic E-state index is 13.7. The van der Waals surface area contributed by atoms with E-state index in [0.29, 0.717) is 25.0 Å². The third-order valence-corrected chi connectivity index (χ3v) is 12.0. The molecule has 4 atom stereocenters. The molecule has 2 aromatic carbocycles. The van der Waals surface area contributed by atoms with Crippen molar-refractivity contribution in [2.75, 3.05) is 11.9 Å². The van der Waals surface area contributed by atoms with Crippen LogP contribution in [0.1, 0.15) is 36.0 Å². The molecule has 1 heterocycles. The normalized spacial score (nSPS) is 24.0. The molecule has 2 bridgehead atoms. The molecule has 0 spiro atoms. The zero-order valence-corrected chi connectivity index (χ0v) is 24.1. The Bertz CT molecular complexity index is 1720. The van der Waals surface area contributed by atoms with Crippen LogP contribution in [0.3, 0.4) is 0 Å². The number of nitrogens with zero attached hydrogens (tertiary/aromatic N) is 1. The number of carbonyl (C=O) groups excluding carboxylic acids is 1. The fourth-order valence-electron chi connectivity index (χ4n) is 5.82. The molecule has 9 nitrogen and oxygen atoms in total. The van der Waals surface area contributed by atoms with E-state index < -0.39 is 65.9 Å². The maximum absolute atomic E-state index is 13.7. The van der Waals surface area contributed by atoms with Gasteiger partial charge in [0.15, 0.2) is 32.3 Å². The first kappa shape index (κ1) is 30.4. The lowest BCUT2D eigenvalue weighted by molar-refractivity contribution is -0.0526. The number of carbonyl (C=O) groups is 1. The number of fused-ring (bicyclic) bond motifs is 2. The number of hydrogen-bond acceptors (Lipinski definition) is 7. The highest BCUT2D eigenvalue weighted by molar-refractivity contribution is 7.92. The highest BCUT2D eigenvalue weighted by Gasteiger charge is 2.56. The van der Waals surface area contributed by atoms with Crippen molar-refractivity contribution in [1.82, 2.24) is 9.71 Å².